The van der Waals surface area contributed by atoms with E-state index in [1.54, 1.807) is 6.07 Å². The Kier molecular flexibility index (Phi) is 4.80. The SMILES string of the molecule is CC1(C)CCCN(Cc2ccc([N+](=O)[O-])c(NN)c2)CC1. The number of benzene rings is 1. The minimum atomic E-state index is -0.423. The molecule has 116 valence electrons. The highest BCUT2D eigenvalue weighted by Crippen LogP contribution is 2.31. The number of rotatable bonds is 4. The van der Waals surface area contributed by atoms with Crippen LogP contribution in [0.1, 0.15) is 38.7 Å². The zero-order valence-corrected chi connectivity index (χ0v) is 12.8. The number of likely N-dealkylation sites (tertiary alicyclic amines) is 1. The van der Waals surface area contributed by atoms with E-state index in [9.17, 15) is 10.1 Å². The maximum atomic E-state index is 10.9. The topological polar surface area (TPSA) is 84.4 Å². The Morgan fingerprint density at radius 2 is 2.14 bits per heavy atom. The molecule has 6 nitrogen and oxygen atoms in total. The van der Waals surface area contributed by atoms with Gasteiger partial charge in [0.25, 0.3) is 5.69 Å². The molecule has 1 aromatic carbocycles. The first-order chi connectivity index (χ1) is 9.91. The van der Waals surface area contributed by atoms with Gasteiger partial charge in [0.15, 0.2) is 0 Å². The van der Waals surface area contributed by atoms with E-state index in [1.165, 1.54) is 25.3 Å². The van der Waals surface area contributed by atoms with Crippen molar-refractivity contribution in [3.05, 3.63) is 33.9 Å². The predicted octanol–water partition coefficient (Wildman–Crippen LogP) is 2.89. The molecule has 1 fully saturated rings. The third kappa shape index (κ3) is 4.15. The van der Waals surface area contributed by atoms with Crippen molar-refractivity contribution >= 4 is 11.4 Å². The minimum absolute atomic E-state index is 0.0123. The Balaban J connectivity index is 2.07. The number of nitrogen functional groups attached to an aromatic ring is 1. The van der Waals surface area contributed by atoms with Gasteiger partial charge in [0.2, 0.25) is 0 Å². The summed E-state index contributed by atoms with van der Waals surface area (Å²) in [6.45, 7) is 7.58. The van der Waals surface area contributed by atoms with Gasteiger partial charge in [-0.1, -0.05) is 19.9 Å². The Morgan fingerprint density at radius 3 is 2.81 bits per heavy atom. The average Bonchev–Trinajstić information content (AvgIpc) is 2.60. The molecule has 6 heteroatoms. The van der Waals surface area contributed by atoms with Crippen LogP contribution in [0.25, 0.3) is 0 Å². The molecule has 0 atom stereocenters. The van der Waals surface area contributed by atoms with E-state index in [2.05, 4.69) is 24.2 Å². The largest absolute Gasteiger partial charge is 0.318 e. The molecule has 0 spiro atoms. The number of anilines is 1. The first kappa shape index (κ1) is 15.7. The number of hydrogen-bond acceptors (Lipinski definition) is 5. The summed E-state index contributed by atoms with van der Waals surface area (Å²) in [5.41, 5.74) is 4.26. The van der Waals surface area contributed by atoms with Crippen molar-refractivity contribution in [3.8, 4) is 0 Å². The van der Waals surface area contributed by atoms with Crippen LogP contribution in [0, 0.1) is 15.5 Å². The van der Waals surface area contributed by atoms with Gasteiger partial charge in [-0.2, -0.15) is 0 Å². The van der Waals surface area contributed by atoms with E-state index < -0.39 is 4.92 Å². The predicted molar refractivity (Wildman–Crippen MR) is 83.8 cm³/mol. The zero-order valence-electron chi connectivity index (χ0n) is 12.8. The third-order valence-electron chi connectivity index (χ3n) is 4.25. The molecule has 0 radical (unpaired) electrons. The molecule has 1 saturated heterocycles. The van der Waals surface area contributed by atoms with Crippen molar-refractivity contribution in [1.29, 1.82) is 0 Å². The van der Waals surface area contributed by atoms with Crippen LogP contribution in [0.5, 0.6) is 0 Å². The fraction of sp³-hybridized carbons (Fsp3) is 0.600. The highest BCUT2D eigenvalue weighted by atomic mass is 16.6. The Hall–Kier alpha value is -1.66. The monoisotopic (exact) mass is 292 g/mol. The van der Waals surface area contributed by atoms with E-state index in [0.29, 0.717) is 11.1 Å². The second-order valence-corrected chi connectivity index (χ2v) is 6.55. The summed E-state index contributed by atoms with van der Waals surface area (Å²) in [4.78, 5) is 12.9. The molecule has 1 aromatic rings. The number of nitrogens with zero attached hydrogens (tertiary/aromatic N) is 2. The standard InChI is InChI=1S/C15H24N4O2/c1-15(2)6-3-8-18(9-7-15)11-12-4-5-14(19(20)21)13(10-12)17-16/h4-5,10,17H,3,6-9,11,16H2,1-2H3. The molecule has 1 aliphatic heterocycles. The van der Waals surface area contributed by atoms with Gasteiger partial charge in [-0.15, -0.1) is 0 Å². The Bertz CT molecular complexity index is 516. The van der Waals surface area contributed by atoms with Crippen molar-refractivity contribution < 1.29 is 4.92 Å². The Labute approximate surface area is 125 Å². The van der Waals surface area contributed by atoms with E-state index in [4.69, 9.17) is 5.84 Å². The normalized spacial score (nSPS) is 19.0. The summed E-state index contributed by atoms with van der Waals surface area (Å²) in [5.74, 6) is 5.38. The van der Waals surface area contributed by atoms with Gasteiger partial charge in [0, 0.05) is 12.6 Å². The average molecular weight is 292 g/mol. The summed E-state index contributed by atoms with van der Waals surface area (Å²) in [5, 5.41) is 10.9. The molecule has 2 rings (SSSR count). The van der Waals surface area contributed by atoms with Gasteiger partial charge in [-0.05, 0) is 49.4 Å². The molecule has 0 amide bonds. The van der Waals surface area contributed by atoms with Gasteiger partial charge in [0.05, 0.1) is 4.92 Å². The highest BCUT2D eigenvalue weighted by molar-refractivity contribution is 5.62. The molecule has 0 bridgehead atoms. The van der Waals surface area contributed by atoms with Crippen molar-refractivity contribution in [1.82, 2.24) is 4.90 Å². The van der Waals surface area contributed by atoms with Gasteiger partial charge in [-0.25, -0.2) is 0 Å². The number of nitro groups is 1. The highest BCUT2D eigenvalue weighted by Gasteiger charge is 2.23. The summed E-state index contributed by atoms with van der Waals surface area (Å²) < 4.78 is 0. The fourth-order valence-electron chi connectivity index (χ4n) is 2.85. The summed E-state index contributed by atoms with van der Waals surface area (Å²) in [6, 6.07) is 5.11. The number of hydrazine groups is 1. The van der Waals surface area contributed by atoms with E-state index >= 15 is 0 Å². The Morgan fingerprint density at radius 1 is 1.38 bits per heavy atom. The molecular formula is C15H24N4O2. The number of hydrogen-bond donors (Lipinski definition) is 2. The second kappa shape index (κ2) is 6.41. The lowest BCUT2D eigenvalue weighted by atomic mass is 9.85. The van der Waals surface area contributed by atoms with Gasteiger partial charge in [-0.3, -0.25) is 20.9 Å². The number of nitrogens with two attached hydrogens (primary N) is 1. The van der Waals surface area contributed by atoms with Crippen molar-refractivity contribution in [2.24, 2.45) is 11.3 Å². The van der Waals surface area contributed by atoms with Crippen LogP contribution >= 0.6 is 0 Å². The maximum Gasteiger partial charge on any atom is 0.293 e. The lowest BCUT2D eigenvalue weighted by Gasteiger charge is -2.23. The van der Waals surface area contributed by atoms with E-state index in [0.717, 1.165) is 25.2 Å². The lowest BCUT2D eigenvalue weighted by molar-refractivity contribution is -0.384. The molecule has 1 heterocycles. The number of nitrogens with one attached hydrogen (secondary N) is 1. The van der Waals surface area contributed by atoms with Crippen LogP contribution in [-0.4, -0.2) is 22.9 Å². The third-order valence-corrected chi connectivity index (χ3v) is 4.25. The number of nitro benzene ring substituents is 1. The molecule has 0 aromatic heterocycles. The zero-order chi connectivity index (χ0) is 15.5. The minimum Gasteiger partial charge on any atom is -0.318 e. The molecule has 3 N–H and O–H groups in total. The first-order valence-corrected chi connectivity index (χ1v) is 7.37. The van der Waals surface area contributed by atoms with Crippen LogP contribution in [-0.2, 0) is 6.54 Å². The second-order valence-electron chi connectivity index (χ2n) is 6.55. The first-order valence-electron chi connectivity index (χ1n) is 7.37. The smallest absolute Gasteiger partial charge is 0.293 e. The van der Waals surface area contributed by atoms with Crippen molar-refractivity contribution in [2.75, 3.05) is 18.5 Å². The van der Waals surface area contributed by atoms with Crippen molar-refractivity contribution in [2.45, 2.75) is 39.7 Å². The van der Waals surface area contributed by atoms with Gasteiger partial charge < -0.3 is 5.43 Å². The fourth-order valence-corrected chi connectivity index (χ4v) is 2.85. The molecule has 21 heavy (non-hydrogen) atoms. The maximum absolute atomic E-state index is 10.9. The molecular weight excluding hydrogens is 268 g/mol. The van der Waals surface area contributed by atoms with Crippen molar-refractivity contribution in [3.63, 3.8) is 0 Å². The molecule has 0 unspecified atom stereocenters. The molecule has 1 aliphatic rings. The lowest BCUT2D eigenvalue weighted by Crippen LogP contribution is -2.25. The van der Waals surface area contributed by atoms with Gasteiger partial charge in [0.1, 0.15) is 5.69 Å². The van der Waals surface area contributed by atoms with Crippen LogP contribution in [0.2, 0.25) is 0 Å². The summed E-state index contributed by atoms with van der Waals surface area (Å²) in [6.07, 6.45) is 3.63. The van der Waals surface area contributed by atoms with Crippen LogP contribution in [0.15, 0.2) is 18.2 Å². The summed E-state index contributed by atoms with van der Waals surface area (Å²) >= 11 is 0. The van der Waals surface area contributed by atoms with Crippen LogP contribution in [0.4, 0.5) is 11.4 Å². The van der Waals surface area contributed by atoms with E-state index in [-0.39, 0.29) is 5.69 Å². The van der Waals surface area contributed by atoms with Crippen LogP contribution < -0.4 is 11.3 Å². The molecule has 0 saturated carbocycles. The van der Waals surface area contributed by atoms with E-state index in [1.807, 2.05) is 6.07 Å². The van der Waals surface area contributed by atoms with Crippen LogP contribution in [0.3, 0.4) is 0 Å². The van der Waals surface area contributed by atoms with Gasteiger partial charge >= 0.3 is 0 Å². The summed E-state index contributed by atoms with van der Waals surface area (Å²) in [7, 11) is 0. The quantitative estimate of drug-likeness (QED) is 0.506. The molecule has 0 aliphatic carbocycles.